The number of fused-ring (bicyclic) bond motifs is 1. The smallest absolute Gasteiger partial charge is 0.232 e. The van der Waals surface area contributed by atoms with Crippen molar-refractivity contribution in [2.45, 2.75) is 27.2 Å². The van der Waals surface area contributed by atoms with Gasteiger partial charge in [-0.3, -0.25) is 4.79 Å². The van der Waals surface area contributed by atoms with Gasteiger partial charge in [0.1, 0.15) is 17.1 Å². The second-order valence-electron chi connectivity index (χ2n) is 7.14. The molecule has 2 aromatic carbocycles. The lowest BCUT2D eigenvalue weighted by Gasteiger charge is -2.17. The van der Waals surface area contributed by atoms with Crippen LogP contribution < -0.4 is 14.2 Å². The molecule has 3 rings (SSSR count). The summed E-state index contributed by atoms with van der Waals surface area (Å²) < 4.78 is 22.8. The molecule has 0 saturated carbocycles. The Labute approximate surface area is 183 Å². The molecule has 0 unspecified atom stereocenters. The van der Waals surface area contributed by atoms with Gasteiger partial charge in [-0.2, -0.15) is 0 Å². The molecule has 0 bridgehead atoms. The quantitative estimate of drug-likeness (QED) is 0.294. The van der Waals surface area contributed by atoms with Crippen LogP contribution in [0.4, 0.5) is 0 Å². The monoisotopic (exact) mass is 425 g/mol. The van der Waals surface area contributed by atoms with E-state index in [9.17, 15) is 4.79 Å². The molecule has 1 heterocycles. The van der Waals surface area contributed by atoms with Gasteiger partial charge in [0.2, 0.25) is 11.5 Å². The summed E-state index contributed by atoms with van der Waals surface area (Å²) >= 11 is 0. The molecular formula is C25H31NO5. The Hall–Kier alpha value is -2.99. The van der Waals surface area contributed by atoms with E-state index >= 15 is 0 Å². The van der Waals surface area contributed by atoms with Gasteiger partial charge in [-0.1, -0.05) is 13.8 Å². The van der Waals surface area contributed by atoms with Crippen molar-refractivity contribution in [3.8, 4) is 17.2 Å². The predicted molar refractivity (Wildman–Crippen MR) is 122 cm³/mol. The number of nitrogens with zero attached hydrogens (tertiary/aromatic N) is 1. The largest absolute Gasteiger partial charge is 0.497 e. The Morgan fingerprint density at radius 1 is 0.968 bits per heavy atom. The van der Waals surface area contributed by atoms with Crippen LogP contribution in [0.1, 0.15) is 43.3 Å². The van der Waals surface area contributed by atoms with Crippen molar-refractivity contribution in [2.75, 3.05) is 40.0 Å². The lowest BCUT2D eigenvalue weighted by molar-refractivity contribution is 0.100. The Kier molecular flexibility index (Phi) is 7.95. The zero-order chi connectivity index (χ0) is 22.2. The van der Waals surface area contributed by atoms with Crippen LogP contribution in [0.5, 0.6) is 17.2 Å². The van der Waals surface area contributed by atoms with E-state index in [4.69, 9.17) is 18.6 Å². The van der Waals surface area contributed by atoms with Gasteiger partial charge in [0, 0.05) is 18.2 Å². The third-order valence-electron chi connectivity index (χ3n) is 5.24. The maximum atomic E-state index is 13.2. The van der Waals surface area contributed by atoms with Crippen LogP contribution in [-0.2, 0) is 0 Å². The molecule has 0 spiro atoms. The molecule has 3 aromatic rings. The molecule has 1 aromatic heterocycles. The summed E-state index contributed by atoms with van der Waals surface area (Å²) in [7, 11) is 1.60. The third-order valence-corrected chi connectivity index (χ3v) is 5.24. The van der Waals surface area contributed by atoms with Crippen molar-refractivity contribution in [3.63, 3.8) is 0 Å². The zero-order valence-electron chi connectivity index (χ0n) is 18.8. The first-order chi connectivity index (χ1) is 15.1. The number of hydrogen-bond donors (Lipinski definition) is 0. The predicted octanol–water partition coefficient (Wildman–Crippen LogP) is 5.18. The molecule has 6 nitrogen and oxygen atoms in total. The summed E-state index contributed by atoms with van der Waals surface area (Å²) in [6.07, 6.45) is 0.862. The van der Waals surface area contributed by atoms with Crippen LogP contribution in [0.25, 0.3) is 11.0 Å². The van der Waals surface area contributed by atoms with Crippen molar-refractivity contribution in [1.29, 1.82) is 0 Å². The highest BCUT2D eigenvalue weighted by Gasteiger charge is 2.24. The van der Waals surface area contributed by atoms with Crippen molar-refractivity contribution in [3.05, 3.63) is 53.8 Å². The van der Waals surface area contributed by atoms with Gasteiger partial charge >= 0.3 is 0 Å². The Morgan fingerprint density at radius 2 is 1.68 bits per heavy atom. The molecule has 0 radical (unpaired) electrons. The molecular weight excluding hydrogens is 394 g/mol. The number of methoxy groups -OCH3 is 1. The number of carbonyl (C=O) groups is 1. The second kappa shape index (κ2) is 10.9. The lowest BCUT2D eigenvalue weighted by atomic mass is 10.1. The fraction of sp³-hybridized carbons (Fsp3) is 0.400. The van der Waals surface area contributed by atoms with Crippen LogP contribution in [0.2, 0.25) is 0 Å². The van der Waals surface area contributed by atoms with Gasteiger partial charge in [-0.25, -0.2) is 0 Å². The highest BCUT2D eigenvalue weighted by molar-refractivity contribution is 6.12. The van der Waals surface area contributed by atoms with Crippen molar-refractivity contribution in [1.82, 2.24) is 4.90 Å². The number of hydrogen-bond acceptors (Lipinski definition) is 6. The van der Waals surface area contributed by atoms with Crippen LogP contribution in [0.15, 0.2) is 46.9 Å². The highest BCUT2D eigenvalue weighted by Crippen LogP contribution is 2.36. The Bertz CT molecular complexity index is 989. The first kappa shape index (κ1) is 22.7. The van der Waals surface area contributed by atoms with E-state index in [1.54, 1.807) is 37.4 Å². The summed E-state index contributed by atoms with van der Waals surface area (Å²) in [6.45, 7) is 10.2. The SMILES string of the molecule is CCOc1ccc(C(=O)c2oc3cc(OC)ccc3c2OCCCN(CC)CC)cc1. The number of benzene rings is 2. The van der Waals surface area contributed by atoms with Crippen molar-refractivity contribution < 1.29 is 23.4 Å². The minimum absolute atomic E-state index is 0.204. The molecule has 0 N–H and O–H groups in total. The van der Waals surface area contributed by atoms with Gasteiger partial charge in [-0.15, -0.1) is 0 Å². The van der Waals surface area contributed by atoms with E-state index in [2.05, 4.69) is 18.7 Å². The molecule has 31 heavy (non-hydrogen) atoms. The van der Waals surface area contributed by atoms with Gasteiger partial charge in [0.05, 0.1) is 25.7 Å². The van der Waals surface area contributed by atoms with Gasteiger partial charge in [-0.05, 0) is 62.8 Å². The number of ketones is 1. The molecule has 0 atom stereocenters. The first-order valence-corrected chi connectivity index (χ1v) is 10.8. The second-order valence-corrected chi connectivity index (χ2v) is 7.14. The number of furan rings is 1. The summed E-state index contributed by atoms with van der Waals surface area (Å²) in [5.41, 5.74) is 1.08. The van der Waals surface area contributed by atoms with E-state index in [1.807, 2.05) is 19.1 Å². The van der Waals surface area contributed by atoms with E-state index < -0.39 is 0 Å². The van der Waals surface area contributed by atoms with Crippen LogP contribution in [0.3, 0.4) is 0 Å². The first-order valence-electron chi connectivity index (χ1n) is 10.8. The molecule has 166 valence electrons. The third kappa shape index (κ3) is 5.39. The fourth-order valence-corrected chi connectivity index (χ4v) is 3.48. The Balaban J connectivity index is 1.87. The summed E-state index contributed by atoms with van der Waals surface area (Å²) in [5, 5.41) is 0.762. The van der Waals surface area contributed by atoms with E-state index in [0.717, 1.165) is 37.2 Å². The minimum atomic E-state index is -0.225. The lowest BCUT2D eigenvalue weighted by Crippen LogP contribution is -2.25. The normalized spacial score (nSPS) is 11.1. The van der Waals surface area contributed by atoms with E-state index in [1.165, 1.54) is 0 Å². The number of ether oxygens (including phenoxy) is 3. The summed E-state index contributed by atoms with van der Waals surface area (Å²) in [5.74, 6) is 1.85. The van der Waals surface area contributed by atoms with Crippen molar-refractivity contribution >= 4 is 16.8 Å². The molecule has 0 saturated heterocycles. The van der Waals surface area contributed by atoms with Gasteiger partial charge < -0.3 is 23.5 Å². The minimum Gasteiger partial charge on any atom is -0.497 e. The standard InChI is InChI=1S/C25H31NO5/c1-5-26(6-2)15-8-16-30-24-21-14-13-20(28-4)17-22(21)31-25(24)23(27)18-9-11-19(12-10-18)29-7-3/h9-14,17H,5-8,15-16H2,1-4H3. The average Bonchev–Trinajstić information content (AvgIpc) is 3.17. The average molecular weight is 426 g/mol. The molecule has 0 aliphatic heterocycles. The summed E-state index contributed by atoms with van der Waals surface area (Å²) in [6, 6.07) is 12.5. The van der Waals surface area contributed by atoms with Gasteiger partial charge in [0.25, 0.3) is 0 Å². The van der Waals surface area contributed by atoms with Crippen molar-refractivity contribution in [2.24, 2.45) is 0 Å². The van der Waals surface area contributed by atoms with E-state index in [0.29, 0.717) is 35.9 Å². The van der Waals surface area contributed by atoms with Crippen LogP contribution >= 0.6 is 0 Å². The molecule has 0 aliphatic carbocycles. The topological polar surface area (TPSA) is 61.1 Å². The maximum absolute atomic E-state index is 13.2. The maximum Gasteiger partial charge on any atom is 0.232 e. The Morgan fingerprint density at radius 3 is 2.32 bits per heavy atom. The number of rotatable bonds is 12. The molecule has 0 fully saturated rings. The van der Waals surface area contributed by atoms with E-state index in [-0.39, 0.29) is 11.5 Å². The number of carbonyl (C=O) groups excluding carboxylic acids is 1. The highest BCUT2D eigenvalue weighted by atomic mass is 16.5. The zero-order valence-corrected chi connectivity index (χ0v) is 18.8. The van der Waals surface area contributed by atoms with Gasteiger partial charge in [0.15, 0.2) is 5.75 Å². The molecule has 6 heteroatoms. The van der Waals surface area contributed by atoms with Crippen LogP contribution in [-0.4, -0.2) is 50.6 Å². The van der Waals surface area contributed by atoms with Crippen LogP contribution in [0, 0.1) is 0 Å². The molecule has 0 aliphatic rings. The summed E-state index contributed by atoms with van der Waals surface area (Å²) in [4.78, 5) is 15.6. The fourth-order valence-electron chi connectivity index (χ4n) is 3.48. The molecule has 0 amide bonds.